The summed E-state index contributed by atoms with van der Waals surface area (Å²) in [4.78, 5) is 0. The molecule has 0 radical (unpaired) electrons. The van der Waals surface area contributed by atoms with E-state index in [-0.39, 0.29) is 6.61 Å². The molecule has 1 N–H and O–H groups in total. The lowest BCUT2D eigenvalue weighted by molar-refractivity contribution is -0.151. The third kappa shape index (κ3) is 4.17. The predicted octanol–water partition coefficient (Wildman–Crippen LogP) is 4.74. The summed E-state index contributed by atoms with van der Waals surface area (Å²) >= 11 is 0. The van der Waals surface area contributed by atoms with Crippen LogP contribution in [-0.2, 0) is 16.1 Å². The highest BCUT2D eigenvalue weighted by Crippen LogP contribution is 2.32. The van der Waals surface area contributed by atoms with Gasteiger partial charge in [-0.3, -0.25) is 0 Å². The van der Waals surface area contributed by atoms with Crippen molar-refractivity contribution in [2.45, 2.75) is 38.4 Å². The predicted molar refractivity (Wildman–Crippen MR) is 105 cm³/mol. The Hall–Kier alpha value is -2.47. The van der Waals surface area contributed by atoms with Crippen molar-refractivity contribution in [3.8, 4) is 5.75 Å². The van der Waals surface area contributed by atoms with Crippen molar-refractivity contribution in [1.29, 1.82) is 0 Å². The number of ether oxygens (including phenoxy) is 3. The van der Waals surface area contributed by atoms with E-state index in [0.717, 1.165) is 16.3 Å². The Balaban J connectivity index is 1.48. The fourth-order valence-corrected chi connectivity index (χ4v) is 3.42. The Morgan fingerprint density at radius 3 is 2.64 bits per heavy atom. The normalized spacial score (nSPS) is 19.6. The third-order valence-corrected chi connectivity index (χ3v) is 4.84. The number of halogens is 1. The SMILES string of the molecule is CC1(C)OC[C@@H](C(O)c2cc(F)cc(OCc3ccc4ccccc4c3)c2)O1. The molecule has 1 saturated heterocycles. The number of rotatable bonds is 5. The first kappa shape index (κ1) is 18.9. The van der Waals surface area contributed by atoms with E-state index in [1.165, 1.54) is 12.1 Å². The summed E-state index contributed by atoms with van der Waals surface area (Å²) in [7, 11) is 0. The average Bonchev–Trinajstić information content (AvgIpc) is 3.05. The Bertz CT molecular complexity index is 985. The second-order valence-corrected chi connectivity index (χ2v) is 7.50. The zero-order valence-corrected chi connectivity index (χ0v) is 15.9. The van der Waals surface area contributed by atoms with Crippen LogP contribution >= 0.6 is 0 Å². The molecule has 0 bridgehead atoms. The van der Waals surface area contributed by atoms with Crippen molar-refractivity contribution in [2.75, 3.05) is 6.61 Å². The van der Waals surface area contributed by atoms with Crippen molar-refractivity contribution >= 4 is 10.8 Å². The van der Waals surface area contributed by atoms with Gasteiger partial charge in [0.05, 0.1) is 6.61 Å². The number of aliphatic hydroxyl groups excluding tert-OH is 1. The molecule has 1 aliphatic rings. The first-order chi connectivity index (χ1) is 13.4. The maximum atomic E-state index is 14.1. The fourth-order valence-electron chi connectivity index (χ4n) is 3.42. The molecule has 146 valence electrons. The molecule has 1 fully saturated rings. The third-order valence-electron chi connectivity index (χ3n) is 4.84. The zero-order valence-electron chi connectivity index (χ0n) is 15.9. The van der Waals surface area contributed by atoms with Crippen LogP contribution in [0.3, 0.4) is 0 Å². The van der Waals surface area contributed by atoms with Gasteiger partial charge in [0.25, 0.3) is 0 Å². The largest absolute Gasteiger partial charge is 0.489 e. The first-order valence-corrected chi connectivity index (χ1v) is 9.30. The Morgan fingerprint density at radius 1 is 1.11 bits per heavy atom. The van der Waals surface area contributed by atoms with Crippen LogP contribution in [-0.4, -0.2) is 23.6 Å². The molecule has 0 spiro atoms. The molecular weight excluding hydrogens is 359 g/mol. The van der Waals surface area contributed by atoms with Crippen molar-refractivity contribution in [1.82, 2.24) is 0 Å². The molecule has 0 aliphatic carbocycles. The molecule has 4 nitrogen and oxygen atoms in total. The Kier molecular flexibility index (Phi) is 5.06. The van der Waals surface area contributed by atoms with E-state index < -0.39 is 23.8 Å². The molecule has 1 unspecified atom stereocenters. The quantitative estimate of drug-likeness (QED) is 0.692. The van der Waals surface area contributed by atoms with Gasteiger partial charge < -0.3 is 19.3 Å². The number of benzene rings is 3. The lowest BCUT2D eigenvalue weighted by Crippen LogP contribution is -2.25. The van der Waals surface area contributed by atoms with Gasteiger partial charge in [0.15, 0.2) is 5.79 Å². The van der Waals surface area contributed by atoms with E-state index in [0.29, 0.717) is 17.9 Å². The number of aliphatic hydroxyl groups is 1. The minimum absolute atomic E-state index is 0.248. The maximum absolute atomic E-state index is 14.1. The minimum atomic E-state index is -1.000. The summed E-state index contributed by atoms with van der Waals surface area (Å²) in [6.07, 6.45) is -1.55. The number of fused-ring (bicyclic) bond motifs is 1. The molecule has 2 atom stereocenters. The smallest absolute Gasteiger partial charge is 0.163 e. The summed E-state index contributed by atoms with van der Waals surface area (Å²) < 4.78 is 31.1. The highest BCUT2D eigenvalue weighted by atomic mass is 19.1. The second kappa shape index (κ2) is 7.51. The van der Waals surface area contributed by atoms with Crippen LogP contribution < -0.4 is 4.74 Å². The van der Waals surface area contributed by atoms with Crippen LogP contribution in [0.15, 0.2) is 60.7 Å². The Morgan fingerprint density at radius 2 is 1.89 bits per heavy atom. The summed E-state index contributed by atoms with van der Waals surface area (Å²) in [5.74, 6) is -0.863. The van der Waals surface area contributed by atoms with Crippen molar-refractivity contribution < 1.29 is 23.7 Å². The molecule has 1 aliphatic heterocycles. The number of hydrogen-bond donors (Lipinski definition) is 1. The van der Waals surface area contributed by atoms with Crippen molar-refractivity contribution in [3.63, 3.8) is 0 Å². The zero-order chi connectivity index (χ0) is 19.7. The molecular formula is C23H23FO4. The molecule has 4 rings (SSSR count). The summed E-state index contributed by atoms with van der Waals surface area (Å²) in [6.45, 7) is 4.12. The molecule has 0 aromatic heterocycles. The van der Waals surface area contributed by atoms with Gasteiger partial charge in [-0.05, 0) is 53.9 Å². The fraction of sp³-hybridized carbons (Fsp3) is 0.304. The number of hydrogen-bond acceptors (Lipinski definition) is 4. The van der Waals surface area contributed by atoms with Gasteiger partial charge in [0, 0.05) is 6.07 Å². The van der Waals surface area contributed by atoms with Crippen LogP contribution in [0.4, 0.5) is 4.39 Å². The highest BCUT2D eigenvalue weighted by Gasteiger charge is 2.37. The highest BCUT2D eigenvalue weighted by molar-refractivity contribution is 5.82. The molecule has 5 heteroatoms. The summed E-state index contributed by atoms with van der Waals surface area (Å²) in [6, 6.07) is 18.4. The van der Waals surface area contributed by atoms with Crippen LogP contribution in [0.2, 0.25) is 0 Å². The van der Waals surface area contributed by atoms with Gasteiger partial charge in [-0.25, -0.2) is 4.39 Å². The van der Waals surface area contributed by atoms with Crippen LogP contribution in [0.1, 0.15) is 31.1 Å². The van der Waals surface area contributed by atoms with E-state index in [1.54, 1.807) is 19.9 Å². The van der Waals surface area contributed by atoms with Crippen LogP contribution in [0.5, 0.6) is 5.75 Å². The van der Waals surface area contributed by atoms with Crippen molar-refractivity contribution in [3.05, 3.63) is 77.6 Å². The molecule has 1 heterocycles. The summed E-state index contributed by atoms with van der Waals surface area (Å²) in [5.41, 5.74) is 1.39. The summed E-state index contributed by atoms with van der Waals surface area (Å²) in [5, 5.41) is 12.9. The second-order valence-electron chi connectivity index (χ2n) is 7.50. The topological polar surface area (TPSA) is 47.9 Å². The molecule has 0 amide bonds. The van der Waals surface area contributed by atoms with E-state index in [9.17, 15) is 9.50 Å². The average molecular weight is 382 g/mol. The standard InChI is InChI=1S/C23H23FO4/c1-23(2)27-14-21(28-23)22(25)18-10-19(24)12-20(11-18)26-13-15-7-8-16-5-3-4-6-17(16)9-15/h3-12,21-22,25H,13-14H2,1-2H3/t21-,22?/m0/s1. The minimum Gasteiger partial charge on any atom is -0.489 e. The van der Waals surface area contributed by atoms with Gasteiger partial charge >= 0.3 is 0 Å². The van der Waals surface area contributed by atoms with E-state index in [1.807, 2.05) is 30.3 Å². The van der Waals surface area contributed by atoms with Gasteiger partial charge in [0.2, 0.25) is 0 Å². The van der Waals surface area contributed by atoms with Crippen LogP contribution in [0.25, 0.3) is 10.8 Å². The maximum Gasteiger partial charge on any atom is 0.163 e. The van der Waals surface area contributed by atoms with Gasteiger partial charge in [0.1, 0.15) is 30.4 Å². The van der Waals surface area contributed by atoms with Gasteiger partial charge in [-0.2, -0.15) is 0 Å². The van der Waals surface area contributed by atoms with E-state index in [2.05, 4.69) is 12.1 Å². The lowest BCUT2D eigenvalue weighted by atomic mass is 10.0. The van der Waals surface area contributed by atoms with E-state index >= 15 is 0 Å². The molecule has 3 aromatic carbocycles. The van der Waals surface area contributed by atoms with Gasteiger partial charge in [-0.1, -0.05) is 36.4 Å². The molecule has 3 aromatic rings. The van der Waals surface area contributed by atoms with E-state index in [4.69, 9.17) is 14.2 Å². The van der Waals surface area contributed by atoms with Crippen LogP contribution in [0, 0.1) is 5.82 Å². The van der Waals surface area contributed by atoms with Crippen molar-refractivity contribution in [2.24, 2.45) is 0 Å². The first-order valence-electron chi connectivity index (χ1n) is 9.30. The Labute approximate surface area is 163 Å². The monoisotopic (exact) mass is 382 g/mol. The van der Waals surface area contributed by atoms with Gasteiger partial charge in [-0.15, -0.1) is 0 Å². The molecule has 0 saturated carbocycles. The molecule has 28 heavy (non-hydrogen) atoms. The lowest BCUT2D eigenvalue weighted by Gasteiger charge is -2.21.